The van der Waals surface area contributed by atoms with E-state index >= 15 is 0 Å². The molecule has 0 aliphatic rings. The predicted molar refractivity (Wildman–Crippen MR) is 159 cm³/mol. The number of aromatic nitrogens is 3. The van der Waals surface area contributed by atoms with Crippen LogP contribution in [0.25, 0.3) is 31.7 Å². The number of pyridine rings is 1. The van der Waals surface area contributed by atoms with Gasteiger partial charge >= 0.3 is 12.2 Å². The van der Waals surface area contributed by atoms with Gasteiger partial charge in [0.15, 0.2) is 0 Å². The van der Waals surface area contributed by atoms with Crippen molar-refractivity contribution in [1.29, 1.82) is 0 Å². The lowest BCUT2D eigenvalue weighted by atomic mass is 9.96. The first-order valence-electron chi connectivity index (χ1n) is 12.7. The van der Waals surface area contributed by atoms with Gasteiger partial charge in [0, 0.05) is 39.6 Å². The van der Waals surface area contributed by atoms with E-state index in [9.17, 15) is 22.8 Å². The molecule has 43 heavy (non-hydrogen) atoms. The average molecular weight is 605 g/mol. The van der Waals surface area contributed by atoms with E-state index in [2.05, 4.69) is 20.3 Å². The molecule has 0 aliphatic heterocycles. The van der Waals surface area contributed by atoms with Gasteiger partial charge in [0.25, 0.3) is 5.91 Å². The molecule has 0 atom stereocenters. The maximum atomic E-state index is 14.4. The number of ether oxygens (including phenoxy) is 1. The number of alkyl halides is 3. The third-order valence-electron chi connectivity index (χ3n) is 6.29. The molecule has 2 amide bonds. The number of fused-ring (bicyclic) bond motifs is 1. The Morgan fingerprint density at radius 3 is 2.42 bits per heavy atom. The summed E-state index contributed by atoms with van der Waals surface area (Å²) < 4.78 is 49.0. The SMILES string of the molecule is CC=CC(=O)Nc1ccc(-c2sc3c(C(N)=O)cnc(N)c3c2-c2ccc(Oc3nccc(C)n3)c(C(F)(F)F)c2)cc1. The number of carbonyl (C=O) groups excluding carboxylic acids is 2. The van der Waals surface area contributed by atoms with Crippen molar-refractivity contribution in [3.05, 3.63) is 89.9 Å². The molecular formula is C30H23F3N6O3S. The van der Waals surface area contributed by atoms with Crippen molar-refractivity contribution in [2.24, 2.45) is 5.73 Å². The second-order valence-electron chi connectivity index (χ2n) is 9.29. The van der Waals surface area contributed by atoms with Crippen LogP contribution in [0.2, 0.25) is 0 Å². The number of halogens is 3. The Bertz CT molecular complexity index is 1900. The van der Waals surface area contributed by atoms with Crippen LogP contribution in [0.5, 0.6) is 11.8 Å². The van der Waals surface area contributed by atoms with Gasteiger partial charge in [-0.3, -0.25) is 9.59 Å². The molecule has 0 spiro atoms. The monoisotopic (exact) mass is 604 g/mol. The fraction of sp³-hybridized carbons (Fsp3) is 0.100. The van der Waals surface area contributed by atoms with Crippen LogP contribution in [0.15, 0.2) is 73.1 Å². The van der Waals surface area contributed by atoms with E-state index in [1.165, 1.54) is 30.6 Å². The van der Waals surface area contributed by atoms with Gasteiger partial charge in [-0.1, -0.05) is 24.3 Å². The molecule has 5 N–H and O–H groups in total. The number of primary amides is 1. The summed E-state index contributed by atoms with van der Waals surface area (Å²) in [5.41, 5.74) is 13.0. The second kappa shape index (κ2) is 11.5. The zero-order valence-corrected chi connectivity index (χ0v) is 23.5. The van der Waals surface area contributed by atoms with E-state index in [1.54, 1.807) is 50.3 Å². The van der Waals surface area contributed by atoms with Gasteiger partial charge in [0.1, 0.15) is 11.6 Å². The first-order chi connectivity index (χ1) is 20.5. The van der Waals surface area contributed by atoms with Crippen molar-refractivity contribution in [2.45, 2.75) is 20.0 Å². The highest BCUT2D eigenvalue weighted by atomic mass is 32.1. The summed E-state index contributed by atoms with van der Waals surface area (Å²) >= 11 is 1.14. The maximum Gasteiger partial charge on any atom is 0.420 e. The number of hydrogen-bond donors (Lipinski definition) is 3. The van der Waals surface area contributed by atoms with E-state index in [0.29, 0.717) is 32.1 Å². The Morgan fingerprint density at radius 1 is 1.05 bits per heavy atom. The topological polar surface area (TPSA) is 146 Å². The van der Waals surface area contributed by atoms with Crippen molar-refractivity contribution in [3.63, 3.8) is 0 Å². The molecule has 0 bridgehead atoms. The van der Waals surface area contributed by atoms with E-state index in [0.717, 1.165) is 17.4 Å². The molecular weight excluding hydrogens is 581 g/mol. The van der Waals surface area contributed by atoms with E-state index < -0.39 is 23.4 Å². The molecule has 0 saturated heterocycles. The average Bonchev–Trinajstić information content (AvgIpc) is 3.35. The minimum absolute atomic E-state index is 0.00906. The fourth-order valence-electron chi connectivity index (χ4n) is 4.39. The Hall–Kier alpha value is -5.30. The first-order valence-corrected chi connectivity index (χ1v) is 13.5. The summed E-state index contributed by atoms with van der Waals surface area (Å²) in [7, 11) is 0. The number of nitrogen functional groups attached to an aromatic ring is 1. The smallest absolute Gasteiger partial charge is 0.420 e. The molecule has 0 saturated carbocycles. The number of allylic oxidation sites excluding steroid dienone is 1. The number of thiophene rings is 1. The van der Waals surface area contributed by atoms with E-state index in [4.69, 9.17) is 16.2 Å². The number of nitrogens with one attached hydrogen (secondary N) is 1. The number of hydrogen-bond acceptors (Lipinski definition) is 8. The fourth-order valence-corrected chi connectivity index (χ4v) is 5.74. The van der Waals surface area contributed by atoms with Crippen molar-refractivity contribution in [1.82, 2.24) is 15.0 Å². The van der Waals surface area contributed by atoms with E-state index in [1.807, 2.05) is 0 Å². The Kier molecular flexibility index (Phi) is 7.83. The zero-order valence-electron chi connectivity index (χ0n) is 22.7. The molecule has 5 rings (SSSR count). The van der Waals surface area contributed by atoms with Crippen LogP contribution in [0, 0.1) is 6.92 Å². The zero-order chi connectivity index (χ0) is 30.9. The highest BCUT2D eigenvalue weighted by molar-refractivity contribution is 7.23. The summed E-state index contributed by atoms with van der Waals surface area (Å²) in [6, 6.07) is 11.6. The lowest BCUT2D eigenvalue weighted by molar-refractivity contribution is -0.138. The van der Waals surface area contributed by atoms with Crippen LogP contribution in [0.4, 0.5) is 24.7 Å². The summed E-state index contributed by atoms with van der Waals surface area (Å²) in [6.45, 7) is 3.37. The Morgan fingerprint density at radius 2 is 1.77 bits per heavy atom. The van der Waals surface area contributed by atoms with Gasteiger partial charge in [-0.15, -0.1) is 11.3 Å². The van der Waals surface area contributed by atoms with Gasteiger partial charge in [0.2, 0.25) is 5.91 Å². The molecule has 3 aromatic heterocycles. The summed E-state index contributed by atoms with van der Waals surface area (Å²) in [5.74, 6) is -1.57. The van der Waals surface area contributed by atoms with Gasteiger partial charge in [0.05, 0.1) is 15.8 Å². The Labute approximate surface area is 247 Å². The lowest BCUT2D eigenvalue weighted by Gasteiger charge is -2.15. The largest absolute Gasteiger partial charge is 0.424 e. The quantitative estimate of drug-likeness (QED) is 0.175. The highest BCUT2D eigenvalue weighted by Crippen LogP contribution is 2.49. The van der Waals surface area contributed by atoms with Gasteiger partial charge in [-0.05, 0) is 61.4 Å². The number of carbonyl (C=O) groups is 2. The minimum Gasteiger partial charge on any atom is -0.424 e. The lowest BCUT2D eigenvalue weighted by Crippen LogP contribution is -2.12. The molecule has 3 heterocycles. The minimum atomic E-state index is -4.81. The third kappa shape index (κ3) is 6.02. The molecule has 9 nitrogen and oxygen atoms in total. The third-order valence-corrected chi connectivity index (χ3v) is 7.56. The van der Waals surface area contributed by atoms with Crippen LogP contribution in [-0.4, -0.2) is 26.8 Å². The van der Waals surface area contributed by atoms with Crippen molar-refractivity contribution >= 4 is 44.7 Å². The van der Waals surface area contributed by atoms with Gasteiger partial charge < -0.3 is 21.5 Å². The number of amides is 2. The number of nitrogens with zero attached hydrogens (tertiary/aromatic N) is 3. The second-order valence-corrected chi connectivity index (χ2v) is 10.3. The molecule has 0 fully saturated rings. The number of anilines is 2. The maximum absolute atomic E-state index is 14.4. The Balaban J connectivity index is 1.71. The standard InChI is InChI=1S/C30H23F3N6O3S/c1-3-4-22(40)39-18-8-5-16(6-9-18)25-23(24-26(43-25)19(28(35)41)14-37-27(24)34)17-7-10-21(20(13-17)30(31,32)33)42-29-36-12-11-15(2)38-29/h3-14H,1-2H3,(H2,34,37)(H2,35,41)(H,39,40). The van der Waals surface area contributed by atoms with Crippen LogP contribution < -0.4 is 21.5 Å². The molecule has 218 valence electrons. The van der Waals surface area contributed by atoms with Crippen molar-refractivity contribution < 1.29 is 27.5 Å². The first kappa shape index (κ1) is 29.2. The molecule has 0 aliphatic carbocycles. The number of benzene rings is 2. The molecule has 2 aromatic carbocycles. The summed E-state index contributed by atoms with van der Waals surface area (Å²) in [6.07, 6.45) is 0.781. The summed E-state index contributed by atoms with van der Waals surface area (Å²) in [5, 5.41) is 3.00. The van der Waals surface area contributed by atoms with Crippen molar-refractivity contribution in [2.75, 3.05) is 11.1 Å². The number of rotatable bonds is 7. The van der Waals surface area contributed by atoms with Gasteiger partial charge in [-0.25, -0.2) is 15.0 Å². The van der Waals surface area contributed by atoms with Crippen LogP contribution >= 0.6 is 11.3 Å². The molecule has 13 heteroatoms. The molecule has 0 radical (unpaired) electrons. The van der Waals surface area contributed by atoms with Crippen LogP contribution in [0.3, 0.4) is 0 Å². The van der Waals surface area contributed by atoms with Crippen molar-refractivity contribution in [3.8, 4) is 33.3 Å². The molecule has 0 unspecified atom stereocenters. The summed E-state index contributed by atoms with van der Waals surface area (Å²) in [4.78, 5) is 36.8. The highest BCUT2D eigenvalue weighted by Gasteiger charge is 2.36. The van der Waals surface area contributed by atoms with E-state index in [-0.39, 0.29) is 34.2 Å². The predicted octanol–water partition coefficient (Wildman–Crippen LogP) is 6.74. The number of nitrogens with two attached hydrogens (primary N) is 2. The normalized spacial score (nSPS) is 11.7. The number of aryl methyl sites for hydroxylation is 1. The van der Waals surface area contributed by atoms with Gasteiger partial charge in [-0.2, -0.15) is 13.2 Å². The molecule has 5 aromatic rings. The van der Waals surface area contributed by atoms with Crippen LogP contribution in [0.1, 0.15) is 28.5 Å². The van der Waals surface area contributed by atoms with Crippen LogP contribution in [-0.2, 0) is 11.0 Å².